The van der Waals surface area contributed by atoms with Crippen molar-refractivity contribution in [1.82, 2.24) is 4.90 Å². The molecule has 26 heavy (non-hydrogen) atoms. The molecule has 1 aromatic carbocycles. The van der Waals surface area contributed by atoms with Crippen LogP contribution < -0.4 is 9.47 Å². The van der Waals surface area contributed by atoms with E-state index >= 15 is 0 Å². The van der Waals surface area contributed by atoms with Gasteiger partial charge in [-0.3, -0.25) is 4.90 Å². The van der Waals surface area contributed by atoms with Gasteiger partial charge in [0.25, 0.3) is 0 Å². The van der Waals surface area contributed by atoms with E-state index in [2.05, 4.69) is 4.90 Å². The Balaban J connectivity index is 2.02. The van der Waals surface area contributed by atoms with Gasteiger partial charge in [-0.15, -0.1) is 0 Å². The van der Waals surface area contributed by atoms with Gasteiger partial charge in [-0.1, -0.05) is 6.07 Å². The van der Waals surface area contributed by atoms with Crippen LogP contribution in [0.5, 0.6) is 11.5 Å². The van der Waals surface area contributed by atoms with Crippen LogP contribution in [0.25, 0.3) is 0 Å². The molecular formula is C20H33NO5. The molecule has 1 aliphatic heterocycles. The molecule has 1 N–H and O–H groups in total. The zero-order chi connectivity index (χ0) is 18.9. The molecule has 2 rings (SSSR count). The third-order valence-electron chi connectivity index (χ3n) is 4.43. The van der Waals surface area contributed by atoms with Crippen molar-refractivity contribution in [2.45, 2.75) is 51.5 Å². The lowest BCUT2D eigenvalue weighted by Gasteiger charge is -2.28. The molecule has 1 saturated heterocycles. The third kappa shape index (κ3) is 6.76. The monoisotopic (exact) mass is 367 g/mol. The summed E-state index contributed by atoms with van der Waals surface area (Å²) >= 11 is 0. The van der Waals surface area contributed by atoms with Crippen LogP contribution in [0.4, 0.5) is 0 Å². The Bertz CT molecular complexity index is 531. The van der Waals surface area contributed by atoms with Crippen LogP contribution in [-0.2, 0) is 16.0 Å². The SMILES string of the molecule is COc1ccc(CN(C[C@@H](O)COC(C)C)C[C@@H]2CCCO2)cc1OC. The lowest BCUT2D eigenvalue weighted by molar-refractivity contribution is -0.0172. The summed E-state index contributed by atoms with van der Waals surface area (Å²) in [7, 11) is 3.27. The first-order chi connectivity index (χ1) is 12.5. The van der Waals surface area contributed by atoms with E-state index in [9.17, 15) is 5.11 Å². The Hall–Kier alpha value is -1.34. The van der Waals surface area contributed by atoms with Gasteiger partial charge in [0.2, 0.25) is 0 Å². The molecule has 1 aromatic rings. The molecule has 1 aliphatic rings. The zero-order valence-electron chi connectivity index (χ0n) is 16.4. The van der Waals surface area contributed by atoms with E-state index in [0.29, 0.717) is 31.2 Å². The number of hydrogen-bond donors (Lipinski definition) is 1. The molecule has 0 amide bonds. The molecule has 1 heterocycles. The second-order valence-electron chi connectivity index (χ2n) is 7.05. The number of benzene rings is 1. The molecule has 0 bridgehead atoms. The van der Waals surface area contributed by atoms with Crippen LogP contribution in [0.3, 0.4) is 0 Å². The van der Waals surface area contributed by atoms with Crippen LogP contribution in [0.15, 0.2) is 18.2 Å². The topological polar surface area (TPSA) is 60.4 Å². The Labute approximate surface area is 157 Å². The van der Waals surface area contributed by atoms with Crippen LogP contribution in [-0.4, -0.2) is 68.8 Å². The summed E-state index contributed by atoms with van der Waals surface area (Å²) in [5, 5.41) is 10.4. The second-order valence-corrected chi connectivity index (χ2v) is 7.05. The van der Waals surface area contributed by atoms with E-state index in [-0.39, 0.29) is 12.2 Å². The first-order valence-corrected chi connectivity index (χ1v) is 9.36. The molecule has 148 valence electrons. The molecule has 0 aliphatic carbocycles. The van der Waals surface area contributed by atoms with E-state index in [1.807, 2.05) is 32.0 Å². The van der Waals surface area contributed by atoms with Crippen molar-refractivity contribution < 1.29 is 24.1 Å². The smallest absolute Gasteiger partial charge is 0.161 e. The van der Waals surface area contributed by atoms with Crippen molar-refractivity contribution in [3.8, 4) is 11.5 Å². The van der Waals surface area contributed by atoms with Crippen molar-refractivity contribution in [1.29, 1.82) is 0 Å². The van der Waals surface area contributed by atoms with Crippen molar-refractivity contribution >= 4 is 0 Å². The fraction of sp³-hybridized carbons (Fsp3) is 0.700. The Morgan fingerprint density at radius 3 is 2.62 bits per heavy atom. The number of rotatable bonds is 11. The number of ether oxygens (including phenoxy) is 4. The van der Waals surface area contributed by atoms with E-state index in [4.69, 9.17) is 18.9 Å². The van der Waals surface area contributed by atoms with Crippen LogP contribution in [0.1, 0.15) is 32.3 Å². The van der Waals surface area contributed by atoms with Gasteiger partial charge in [0.05, 0.1) is 39.1 Å². The van der Waals surface area contributed by atoms with Crippen LogP contribution in [0, 0.1) is 0 Å². The highest BCUT2D eigenvalue weighted by atomic mass is 16.5. The standard InChI is InChI=1S/C20H33NO5/c1-15(2)26-14-17(22)12-21(13-18-6-5-9-25-18)11-16-7-8-19(23-3)20(10-16)24-4/h7-8,10,15,17-18,22H,5-6,9,11-14H2,1-4H3/t17-,18+/m1/s1. The fourth-order valence-corrected chi connectivity index (χ4v) is 3.17. The number of aliphatic hydroxyl groups excluding tert-OH is 1. The van der Waals surface area contributed by atoms with Gasteiger partial charge in [0, 0.05) is 26.2 Å². The highest BCUT2D eigenvalue weighted by Gasteiger charge is 2.22. The van der Waals surface area contributed by atoms with E-state index in [1.165, 1.54) is 0 Å². The summed E-state index contributed by atoms with van der Waals surface area (Å²) in [4.78, 5) is 2.23. The summed E-state index contributed by atoms with van der Waals surface area (Å²) in [5.41, 5.74) is 1.11. The molecule has 0 saturated carbocycles. The Morgan fingerprint density at radius 2 is 2.00 bits per heavy atom. The van der Waals surface area contributed by atoms with Crippen molar-refractivity contribution in [2.24, 2.45) is 0 Å². The minimum absolute atomic E-state index is 0.113. The predicted octanol–water partition coefficient (Wildman–Crippen LogP) is 2.47. The summed E-state index contributed by atoms with van der Waals surface area (Å²) in [6.07, 6.45) is 1.99. The van der Waals surface area contributed by atoms with Gasteiger partial charge in [-0.05, 0) is 44.4 Å². The summed E-state index contributed by atoms with van der Waals surface area (Å²) in [5.74, 6) is 1.43. The number of hydrogen-bond acceptors (Lipinski definition) is 6. The van der Waals surface area contributed by atoms with Gasteiger partial charge in [0.15, 0.2) is 11.5 Å². The van der Waals surface area contributed by atoms with Gasteiger partial charge in [-0.25, -0.2) is 0 Å². The number of aliphatic hydroxyl groups is 1. The Kier molecular flexibility index (Phi) is 8.65. The quantitative estimate of drug-likeness (QED) is 0.648. The first kappa shape index (κ1) is 21.0. The molecule has 0 aromatic heterocycles. The lowest BCUT2D eigenvalue weighted by atomic mass is 10.1. The minimum atomic E-state index is -0.529. The maximum absolute atomic E-state index is 10.4. The normalized spacial score (nSPS) is 18.5. The summed E-state index contributed by atoms with van der Waals surface area (Å²) in [6.45, 7) is 7.16. The number of methoxy groups -OCH3 is 2. The third-order valence-corrected chi connectivity index (χ3v) is 4.43. The molecule has 0 unspecified atom stereocenters. The minimum Gasteiger partial charge on any atom is -0.493 e. The largest absolute Gasteiger partial charge is 0.493 e. The van der Waals surface area contributed by atoms with E-state index < -0.39 is 6.10 Å². The summed E-state index contributed by atoms with van der Waals surface area (Å²) < 4.78 is 22.0. The van der Waals surface area contributed by atoms with Crippen LogP contribution >= 0.6 is 0 Å². The first-order valence-electron chi connectivity index (χ1n) is 9.36. The molecule has 1 fully saturated rings. The maximum Gasteiger partial charge on any atom is 0.161 e. The average Bonchev–Trinajstić information content (AvgIpc) is 3.12. The van der Waals surface area contributed by atoms with Gasteiger partial charge in [-0.2, -0.15) is 0 Å². The predicted molar refractivity (Wildman–Crippen MR) is 101 cm³/mol. The maximum atomic E-state index is 10.4. The van der Waals surface area contributed by atoms with E-state index in [1.54, 1.807) is 14.2 Å². The summed E-state index contributed by atoms with van der Waals surface area (Å²) in [6, 6.07) is 5.93. The van der Waals surface area contributed by atoms with Gasteiger partial charge in [0.1, 0.15) is 0 Å². The molecule has 6 nitrogen and oxygen atoms in total. The highest BCUT2D eigenvalue weighted by molar-refractivity contribution is 5.42. The Morgan fingerprint density at radius 1 is 1.23 bits per heavy atom. The van der Waals surface area contributed by atoms with Crippen molar-refractivity contribution in [3.05, 3.63) is 23.8 Å². The molecule has 2 atom stereocenters. The zero-order valence-corrected chi connectivity index (χ0v) is 16.4. The molecular weight excluding hydrogens is 334 g/mol. The number of nitrogens with zero attached hydrogens (tertiary/aromatic N) is 1. The van der Waals surface area contributed by atoms with Gasteiger partial charge < -0.3 is 24.1 Å². The molecule has 0 radical (unpaired) electrons. The van der Waals surface area contributed by atoms with Crippen molar-refractivity contribution in [3.63, 3.8) is 0 Å². The molecule has 0 spiro atoms. The second kappa shape index (κ2) is 10.7. The lowest BCUT2D eigenvalue weighted by Crippen LogP contribution is -2.39. The van der Waals surface area contributed by atoms with Crippen LogP contribution in [0.2, 0.25) is 0 Å². The van der Waals surface area contributed by atoms with E-state index in [0.717, 1.165) is 31.6 Å². The molecule has 6 heteroatoms. The van der Waals surface area contributed by atoms with Gasteiger partial charge >= 0.3 is 0 Å². The highest BCUT2D eigenvalue weighted by Crippen LogP contribution is 2.28. The average molecular weight is 367 g/mol. The fourth-order valence-electron chi connectivity index (χ4n) is 3.17. The van der Waals surface area contributed by atoms with Crippen molar-refractivity contribution in [2.75, 3.05) is 40.5 Å².